The summed E-state index contributed by atoms with van der Waals surface area (Å²) >= 11 is 0. The van der Waals surface area contributed by atoms with Gasteiger partial charge in [-0.15, -0.1) is 0 Å². The highest BCUT2D eigenvalue weighted by Gasteiger charge is 2.18. The van der Waals surface area contributed by atoms with Crippen molar-refractivity contribution in [3.63, 3.8) is 0 Å². The molecule has 0 radical (unpaired) electrons. The van der Waals surface area contributed by atoms with Crippen LogP contribution in [0.15, 0.2) is 24.3 Å². The lowest BCUT2D eigenvalue weighted by atomic mass is 9.87. The smallest absolute Gasteiger partial charge is 0.0100 e. The summed E-state index contributed by atoms with van der Waals surface area (Å²) in [6.07, 6.45) is 4.72. The predicted octanol–water partition coefficient (Wildman–Crippen LogP) is 3.17. The van der Waals surface area contributed by atoms with Crippen LogP contribution in [0.3, 0.4) is 0 Å². The molecule has 0 atom stereocenters. The van der Waals surface area contributed by atoms with Crippen LogP contribution in [0.25, 0.3) is 0 Å². The number of piperidine rings is 1. The summed E-state index contributed by atoms with van der Waals surface area (Å²) in [6, 6.07) is 9.16. The fourth-order valence-corrected chi connectivity index (χ4v) is 2.81. The summed E-state index contributed by atoms with van der Waals surface area (Å²) in [6.45, 7) is 6.66. The zero-order valence-corrected chi connectivity index (χ0v) is 12.7. The second-order valence-electron chi connectivity index (χ2n) is 6.81. The van der Waals surface area contributed by atoms with Crippen LogP contribution in [0.5, 0.6) is 0 Å². The molecule has 0 aromatic heterocycles. The van der Waals surface area contributed by atoms with E-state index in [1.807, 2.05) is 0 Å². The van der Waals surface area contributed by atoms with Gasteiger partial charge in [-0.25, -0.2) is 0 Å². The van der Waals surface area contributed by atoms with E-state index in [1.165, 1.54) is 37.1 Å². The van der Waals surface area contributed by atoms with Crippen LogP contribution in [0, 0.1) is 0 Å². The minimum Gasteiger partial charge on any atom is -0.326 e. The monoisotopic (exact) mass is 260 g/mol. The molecular formula is C17H28N2. The highest BCUT2D eigenvalue weighted by Crippen LogP contribution is 2.28. The molecule has 2 N–H and O–H groups in total. The SMILES string of the molecule is CN1CCC(c2cccc(CCC(C)(C)N)c2)CC1. The van der Waals surface area contributed by atoms with Gasteiger partial charge in [0.15, 0.2) is 0 Å². The molecule has 2 heteroatoms. The number of nitrogens with zero attached hydrogens (tertiary/aromatic N) is 1. The largest absolute Gasteiger partial charge is 0.326 e. The first-order valence-corrected chi connectivity index (χ1v) is 7.50. The maximum absolute atomic E-state index is 6.07. The second kappa shape index (κ2) is 6.06. The molecule has 1 saturated heterocycles. The lowest BCUT2D eigenvalue weighted by molar-refractivity contribution is 0.255. The Morgan fingerprint density at radius 2 is 1.95 bits per heavy atom. The third-order valence-corrected chi connectivity index (χ3v) is 4.20. The van der Waals surface area contributed by atoms with Crippen molar-refractivity contribution >= 4 is 0 Å². The van der Waals surface area contributed by atoms with E-state index in [2.05, 4.69) is 50.1 Å². The molecule has 0 spiro atoms. The standard InChI is InChI=1S/C17H28N2/c1-17(2,18)10-7-14-5-4-6-16(13-14)15-8-11-19(3)12-9-15/h4-6,13,15H,7-12,18H2,1-3H3. The van der Waals surface area contributed by atoms with Crippen LogP contribution in [0.4, 0.5) is 0 Å². The summed E-state index contributed by atoms with van der Waals surface area (Å²) in [5.41, 5.74) is 8.98. The lowest BCUT2D eigenvalue weighted by Gasteiger charge is -2.29. The van der Waals surface area contributed by atoms with Crippen LogP contribution >= 0.6 is 0 Å². The molecule has 1 aliphatic heterocycles. The van der Waals surface area contributed by atoms with E-state index >= 15 is 0 Å². The number of aryl methyl sites for hydroxylation is 1. The van der Waals surface area contributed by atoms with Crippen molar-refractivity contribution in [1.29, 1.82) is 0 Å². The number of hydrogen-bond donors (Lipinski definition) is 1. The van der Waals surface area contributed by atoms with Crippen molar-refractivity contribution < 1.29 is 0 Å². The Labute approximate surface area is 118 Å². The lowest BCUT2D eigenvalue weighted by Crippen LogP contribution is -2.32. The van der Waals surface area contributed by atoms with Gasteiger partial charge in [0.25, 0.3) is 0 Å². The Morgan fingerprint density at radius 1 is 1.26 bits per heavy atom. The number of nitrogens with two attached hydrogens (primary N) is 1. The average Bonchev–Trinajstić information content (AvgIpc) is 2.37. The molecule has 2 rings (SSSR count). The summed E-state index contributed by atoms with van der Waals surface area (Å²) in [5, 5.41) is 0. The van der Waals surface area contributed by atoms with Gasteiger partial charge in [0.05, 0.1) is 0 Å². The summed E-state index contributed by atoms with van der Waals surface area (Å²) in [4.78, 5) is 2.43. The number of likely N-dealkylation sites (tertiary alicyclic amines) is 1. The van der Waals surface area contributed by atoms with Crippen LogP contribution in [0.2, 0.25) is 0 Å². The zero-order valence-electron chi connectivity index (χ0n) is 12.7. The molecule has 0 bridgehead atoms. The fourth-order valence-electron chi connectivity index (χ4n) is 2.81. The van der Waals surface area contributed by atoms with Gasteiger partial charge in [-0.3, -0.25) is 0 Å². The van der Waals surface area contributed by atoms with Crippen molar-refractivity contribution in [2.45, 2.75) is 51.0 Å². The van der Waals surface area contributed by atoms with E-state index in [1.54, 1.807) is 0 Å². The number of rotatable bonds is 4. The fraction of sp³-hybridized carbons (Fsp3) is 0.647. The minimum absolute atomic E-state index is 0.0659. The number of hydrogen-bond acceptors (Lipinski definition) is 2. The first-order valence-electron chi connectivity index (χ1n) is 7.50. The Morgan fingerprint density at radius 3 is 2.58 bits per heavy atom. The zero-order chi connectivity index (χ0) is 13.9. The van der Waals surface area contributed by atoms with Gasteiger partial charge in [0.2, 0.25) is 0 Å². The van der Waals surface area contributed by atoms with E-state index in [-0.39, 0.29) is 5.54 Å². The molecule has 2 nitrogen and oxygen atoms in total. The normalized spacial score (nSPS) is 18.7. The van der Waals surface area contributed by atoms with Crippen LogP contribution in [0.1, 0.15) is 50.2 Å². The quantitative estimate of drug-likeness (QED) is 0.901. The van der Waals surface area contributed by atoms with E-state index in [4.69, 9.17) is 5.73 Å². The first kappa shape index (κ1) is 14.5. The molecule has 1 aromatic rings. The van der Waals surface area contributed by atoms with Crippen molar-refractivity contribution in [3.8, 4) is 0 Å². The molecule has 1 fully saturated rings. The Bertz CT molecular complexity index is 398. The van der Waals surface area contributed by atoms with Crippen LogP contribution in [-0.4, -0.2) is 30.6 Å². The molecule has 106 valence electrons. The van der Waals surface area contributed by atoms with Crippen LogP contribution < -0.4 is 5.73 Å². The van der Waals surface area contributed by atoms with Crippen LogP contribution in [-0.2, 0) is 6.42 Å². The van der Waals surface area contributed by atoms with Gasteiger partial charge in [-0.1, -0.05) is 24.3 Å². The van der Waals surface area contributed by atoms with Gasteiger partial charge >= 0.3 is 0 Å². The van der Waals surface area contributed by atoms with Crippen molar-refractivity contribution in [3.05, 3.63) is 35.4 Å². The van der Waals surface area contributed by atoms with Crippen molar-refractivity contribution in [2.24, 2.45) is 5.73 Å². The molecule has 1 heterocycles. The van der Waals surface area contributed by atoms with E-state index in [9.17, 15) is 0 Å². The summed E-state index contributed by atoms with van der Waals surface area (Å²) in [5.74, 6) is 0.752. The maximum Gasteiger partial charge on any atom is 0.0100 e. The number of benzene rings is 1. The van der Waals surface area contributed by atoms with Gasteiger partial charge in [-0.2, -0.15) is 0 Å². The molecule has 1 aromatic carbocycles. The predicted molar refractivity (Wildman–Crippen MR) is 82.5 cm³/mol. The Balaban J connectivity index is 1.99. The molecular weight excluding hydrogens is 232 g/mol. The van der Waals surface area contributed by atoms with E-state index in [0.29, 0.717) is 0 Å². The van der Waals surface area contributed by atoms with Gasteiger partial charge in [0, 0.05) is 5.54 Å². The second-order valence-corrected chi connectivity index (χ2v) is 6.81. The Hall–Kier alpha value is -0.860. The molecule has 0 aliphatic carbocycles. The van der Waals surface area contributed by atoms with E-state index in [0.717, 1.165) is 18.8 Å². The van der Waals surface area contributed by atoms with Crippen molar-refractivity contribution in [2.75, 3.05) is 20.1 Å². The maximum atomic E-state index is 6.07. The molecule has 0 amide bonds. The minimum atomic E-state index is -0.0659. The van der Waals surface area contributed by atoms with E-state index < -0.39 is 0 Å². The average molecular weight is 260 g/mol. The topological polar surface area (TPSA) is 29.3 Å². The molecule has 19 heavy (non-hydrogen) atoms. The molecule has 0 saturated carbocycles. The van der Waals surface area contributed by atoms with Gasteiger partial charge in [0.1, 0.15) is 0 Å². The highest BCUT2D eigenvalue weighted by atomic mass is 15.1. The summed E-state index contributed by atoms with van der Waals surface area (Å²) < 4.78 is 0. The summed E-state index contributed by atoms with van der Waals surface area (Å²) in [7, 11) is 2.22. The third-order valence-electron chi connectivity index (χ3n) is 4.20. The first-order chi connectivity index (χ1) is 8.94. The highest BCUT2D eigenvalue weighted by molar-refractivity contribution is 5.27. The Kier molecular flexibility index (Phi) is 4.64. The van der Waals surface area contributed by atoms with Gasteiger partial charge < -0.3 is 10.6 Å². The van der Waals surface area contributed by atoms with Gasteiger partial charge in [-0.05, 0) is 76.7 Å². The molecule has 0 unspecified atom stereocenters. The third kappa shape index (κ3) is 4.63. The molecule has 1 aliphatic rings. The van der Waals surface area contributed by atoms with Crippen molar-refractivity contribution in [1.82, 2.24) is 4.90 Å².